The van der Waals surface area contributed by atoms with E-state index in [0.717, 1.165) is 30.2 Å². The van der Waals surface area contributed by atoms with Gasteiger partial charge in [-0.1, -0.05) is 0 Å². The van der Waals surface area contributed by atoms with E-state index in [1.807, 2.05) is 31.2 Å². The molecule has 1 aliphatic heterocycles. The van der Waals surface area contributed by atoms with Crippen molar-refractivity contribution < 1.29 is 9.53 Å². The maximum atomic E-state index is 12.0. The Balaban J connectivity index is 0.00000220. The Bertz CT molecular complexity index is 436. The summed E-state index contributed by atoms with van der Waals surface area (Å²) in [4.78, 5) is 13.1. The van der Waals surface area contributed by atoms with E-state index < -0.39 is 0 Å². The largest absolute Gasteiger partial charge is 0.497 e. The topological polar surface area (TPSA) is 50.4 Å². The smallest absolute Gasteiger partial charge is 0.233 e. The fraction of sp³-hybridized carbons (Fsp3) is 0.533. The summed E-state index contributed by atoms with van der Waals surface area (Å²) in [5.74, 6) is 0.929. The molecule has 118 valence electrons. The van der Waals surface area contributed by atoms with Crippen molar-refractivity contribution in [1.29, 1.82) is 0 Å². The predicted octanol–water partition coefficient (Wildman–Crippen LogP) is 2.47. The van der Waals surface area contributed by atoms with Crippen LogP contribution in [0.15, 0.2) is 29.2 Å². The molecule has 2 N–H and O–H groups in total. The van der Waals surface area contributed by atoms with Gasteiger partial charge in [0.05, 0.1) is 12.4 Å². The molecule has 1 fully saturated rings. The van der Waals surface area contributed by atoms with Crippen molar-refractivity contribution in [3.05, 3.63) is 24.3 Å². The van der Waals surface area contributed by atoms with Crippen molar-refractivity contribution in [3.63, 3.8) is 0 Å². The molecule has 2 atom stereocenters. The van der Waals surface area contributed by atoms with E-state index in [1.165, 1.54) is 6.42 Å². The van der Waals surface area contributed by atoms with E-state index in [0.29, 0.717) is 6.04 Å². The first-order valence-corrected chi connectivity index (χ1v) is 7.89. The molecule has 1 aromatic carbocycles. The van der Waals surface area contributed by atoms with Crippen molar-refractivity contribution in [2.75, 3.05) is 20.2 Å². The standard InChI is InChI=1S/C15H22N2O2S.ClH/c1-11(15(18)17-10-12-4-3-9-16-12)20-14-7-5-13(19-2)6-8-14;/h5-8,11-12,16H,3-4,9-10H2,1-2H3,(H,17,18);1H. The SMILES string of the molecule is COc1ccc(SC(C)C(=O)NCC2CCCN2)cc1.Cl. The van der Waals surface area contributed by atoms with Crippen molar-refractivity contribution in [2.45, 2.75) is 36.0 Å². The normalized spacial score (nSPS) is 18.7. The van der Waals surface area contributed by atoms with Gasteiger partial charge >= 0.3 is 0 Å². The van der Waals surface area contributed by atoms with Gasteiger partial charge in [-0.2, -0.15) is 0 Å². The second-order valence-corrected chi connectivity index (χ2v) is 6.39. The number of benzene rings is 1. The molecule has 2 rings (SSSR count). The van der Waals surface area contributed by atoms with Crippen LogP contribution in [0.1, 0.15) is 19.8 Å². The number of nitrogens with one attached hydrogen (secondary N) is 2. The Morgan fingerprint density at radius 3 is 2.76 bits per heavy atom. The van der Waals surface area contributed by atoms with Gasteiger partial charge in [0.2, 0.25) is 5.91 Å². The fourth-order valence-corrected chi connectivity index (χ4v) is 3.10. The molecular weight excluding hydrogens is 308 g/mol. The Morgan fingerprint density at radius 1 is 1.48 bits per heavy atom. The van der Waals surface area contributed by atoms with Gasteiger partial charge in [-0.15, -0.1) is 24.2 Å². The maximum Gasteiger partial charge on any atom is 0.233 e. The van der Waals surface area contributed by atoms with Gasteiger partial charge in [0.15, 0.2) is 0 Å². The van der Waals surface area contributed by atoms with Crippen LogP contribution in [0.3, 0.4) is 0 Å². The number of carbonyl (C=O) groups excluding carboxylic acids is 1. The molecule has 0 radical (unpaired) electrons. The minimum Gasteiger partial charge on any atom is -0.497 e. The van der Waals surface area contributed by atoms with Gasteiger partial charge in [-0.3, -0.25) is 4.79 Å². The van der Waals surface area contributed by atoms with Gasteiger partial charge in [-0.25, -0.2) is 0 Å². The summed E-state index contributed by atoms with van der Waals surface area (Å²) in [5, 5.41) is 6.31. The summed E-state index contributed by atoms with van der Waals surface area (Å²) < 4.78 is 5.12. The Morgan fingerprint density at radius 2 is 2.19 bits per heavy atom. The second kappa shape index (κ2) is 9.18. The zero-order valence-corrected chi connectivity index (χ0v) is 14.1. The van der Waals surface area contributed by atoms with E-state index >= 15 is 0 Å². The molecular formula is C15H23ClN2O2S. The molecule has 0 spiro atoms. The lowest BCUT2D eigenvalue weighted by molar-refractivity contribution is -0.120. The number of rotatable bonds is 6. The molecule has 1 amide bonds. The van der Waals surface area contributed by atoms with E-state index in [4.69, 9.17) is 4.74 Å². The summed E-state index contributed by atoms with van der Waals surface area (Å²) in [5.41, 5.74) is 0. The van der Waals surface area contributed by atoms with Crippen LogP contribution in [0.4, 0.5) is 0 Å². The summed E-state index contributed by atoms with van der Waals surface area (Å²) in [6.45, 7) is 3.73. The van der Waals surface area contributed by atoms with Crippen LogP contribution in [-0.4, -0.2) is 37.4 Å². The summed E-state index contributed by atoms with van der Waals surface area (Å²) >= 11 is 1.57. The van der Waals surface area contributed by atoms with E-state index in [-0.39, 0.29) is 23.6 Å². The van der Waals surface area contributed by atoms with Crippen LogP contribution < -0.4 is 15.4 Å². The third-order valence-corrected chi connectivity index (χ3v) is 4.54. The lowest BCUT2D eigenvalue weighted by Crippen LogP contribution is -2.40. The number of methoxy groups -OCH3 is 1. The molecule has 4 nitrogen and oxygen atoms in total. The van der Waals surface area contributed by atoms with E-state index in [1.54, 1.807) is 18.9 Å². The van der Waals surface area contributed by atoms with Crippen LogP contribution >= 0.6 is 24.2 Å². The highest BCUT2D eigenvalue weighted by Gasteiger charge is 2.18. The van der Waals surface area contributed by atoms with Crippen LogP contribution in [0, 0.1) is 0 Å². The minimum absolute atomic E-state index is 0. The highest BCUT2D eigenvalue weighted by molar-refractivity contribution is 8.00. The number of ether oxygens (including phenoxy) is 1. The second-order valence-electron chi connectivity index (χ2n) is 4.97. The van der Waals surface area contributed by atoms with E-state index in [2.05, 4.69) is 10.6 Å². The average molecular weight is 331 g/mol. The van der Waals surface area contributed by atoms with Gasteiger partial charge in [0.25, 0.3) is 0 Å². The molecule has 2 unspecified atom stereocenters. The van der Waals surface area contributed by atoms with Gasteiger partial charge < -0.3 is 15.4 Å². The first kappa shape index (κ1) is 18.1. The van der Waals surface area contributed by atoms with Crippen LogP contribution in [-0.2, 0) is 4.79 Å². The third kappa shape index (κ3) is 5.77. The van der Waals surface area contributed by atoms with E-state index in [9.17, 15) is 4.79 Å². The molecule has 6 heteroatoms. The number of hydrogen-bond acceptors (Lipinski definition) is 4. The molecule has 0 bridgehead atoms. The lowest BCUT2D eigenvalue weighted by Gasteiger charge is -2.15. The summed E-state index contributed by atoms with van der Waals surface area (Å²) in [6, 6.07) is 8.22. The lowest BCUT2D eigenvalue weighted by atomic mass is 10.2. The fourth-order valence-electron chi connectivity index (χ4n) is 2.21. The summed E-state index contributed by atoms with van der Waals surface area (Å²) in [6.07, 6.45) is 2.36. The number of amides is 1. The minimum atomic E-state index is -0.0928. The van der Waals surface area contributed by atoms with Crippen LogP contribution in [0.5, 0.6) is 5.75 Å². The Labute approximate surface area is 136 Å². The third-order valence-electron chi connectivity index (χ3n) is 3.43. The molecule has 1 saturated heterocycles. The quantitative estimate of drug-likeness (QED) is 0.787. The molecule has 21 heavy (non-hydrogen) atoms. The van der Waals surface area contributed by atoms with Crippen LogP contribution in [0.2, 0.25) is 0 Å². The molecule has 0 aliphatic carbocycles. The first-order valence-electron chi connectivity index (χ1n) is 7.01. The highest BCUT2D eigenvalue weighted by Crippen LogP contribution is 2.25. The highest BCUT2D eigenvalue weighted by atomic mass is 35.5. The number of hydrogen-bond donors (Lipinski definition) is 2. The number of carbonyl (C=O) groups is 1. The van der Waals surface area contributed by atoms with Crippen molar-refractivity contribution >= 4 is 30.1 Å². The molecule has 0 saturated carbocycles. The van der Waals surface area contributed by atoms with Gasteiger partial charge in [0.1, 0.15) is 5.75 Å². The first-order chi connectivity index (χ1) is 9.69. The Kier molecular flexibility index (Phi) is 7.93. The van der Waals surface area contributed by atoms with Crippen molar-refractivity contribution in [3.8, 4) is 5.75 Å². The van der Waals surface area contributed by atoms with Crippen molar-refractivity contribution in [1.82, 2.24) is 10.6 Å². The van der Waals surface area contributed by atoms with Gasteiger partial charge in [-0.05, 0) is 50.6 Å². The number of halogens is 1. The van der Waals surface area contributed by atoms with Crippen molar-refractivity contribution in [2.24, 2.45) is 0 Å². The molecule has 1 heterocycles. The summed E-state index contributed by atoms with van der Waals surface area (Å²) in [7, 11) is 1.65. The predicted molar refractivity (Wildman–Crippen MR) is 89.6 cm³/mol. The zero-order valence-electron chi connectivity index (χ0n) is 12.4. The van der Waals surface area contributed by atoms with Gasteiger partial charge in [0, 0.05) is 17.5 Å². The monoisotopic (exact) mass is 330 g/mol. The average Bonchev–Trinajstić information content (AvgIpc) is 2.98. The maximum absolute atomic E-state index is 12.0. The molecule has 1 aliphatic rings. The Hall–Kier alpha value is -0.910. The molecule has 1 aromatic rings. The molecule has 0 aromatic heterocycles. The number of thioether (sulfide) groups is 1. The van der Waals surface area contributed by atoms with Crippen LogP contribution in [0.25, 0.3) is 0 Å². The zero-order chi connectivity index (χ0) is 14.4.